The van der Waals surface area contributed by atoms with Gasteiger partial charge in [-0.05, 0) is 18.6 Å². The highest BCUT2D eigenvalue weighted by molar-refractivity contribution is 6.07. The van der Waals surface area contributed by atoms with Gasteiger partial charge in [-0.15, -0.1) is 0 Å². The summed E-state index contributed by atoms with van der Waals surface area (Å²) in [5.41, 5.74) is 9.94. The number of nitrogens with zero attached hydrogens (tertiary/aromatic N) is 2. The third-order valence-electron chi connectivity index (χ3n) is 3.08. The Bertz CT molecular complexity index is 550. The van der Waals surface area contributed by atoms with E-state index in [0.29, 0.717) is 5.56 Å². The van der Waals surface area contributed by atoms with E-state index in [2.05, 4.69) is 9.98 Å². The SMILES string of the molecule is CC1(c2cccc(C(F)(F)F)c2)C=NC(N)N=C1N. The van der Waals surface area contributed by atoms with Crippen LogP contribution in [0, 0.1) is 0 Å². The summed E-state index contributed by atoms with van der Waals surface area (Å²) in [6.07, 6.45) is -3.76. The van der Waals surface area contributed by atoms with Crippen LogP contribution in [0.25, 0.3) is 0 Å². The summed E-state index contributed by atoms with van der Waals surface area (Å²) in [7, 11) is 0. The zero-order chi connectivity index (χ0) is 14.3. The van der Waals surface area contributed by atoms with Crippen LogP contribution in [-0.4, -0.2) is 18.3 Å². The molecule has 0 saturated carbocycles. The average molecular weight is 270 g/mol. The molecule has 0 bridgehead atoms. The number of alkyl halides is 3. The summed E-state index contributed by atoms with van der Waals surface area (Å²) in [4.78, 5) is 7.80. The van der Waals surface area contributed by atoms with Crippen molar-refractivity contribution in [3.05, 3.63) is 35.4 Å². The normalized spacial score (nSPS) is 27.2. The highest BCUT2D eigenvalue weighted by Crippen LogP contribution is 2.33. The molecule has 2 rings (SSSR count). The summed E-state index contributed by atoms with van der Waals surface area (Å²) in [5, 5.41) is 0. The highest BCUT2D eigenvalue weighted by Gasteiger charge is 2.36. The quantitative estimate of drug-likeness (QED) is 0.814. The Balaban J connectivity index is 2.48. The molecule has 0 spiro atoms. The fraction of sp³-hybridized carbons (Fsp3) is 0.333. The minimum absolute atomic E-state index is 0.148. The number of nitrogens with two attached hydrogens (primary N) is 2. The lowest BCUT2D eigenvalue weighted by molar-refractivity contribution is -0.137. The lowest BCUT2D eigenvalue weighted by Crippen LogP contribution is -2.45. The summed E-state index contributed by atoms with van der Waals surface area (Å²) in [6.45, 7) is 1.65. The van der Waals surface area contributed by atoms with Crippen molar-refractivity contribution in [1.29, 1.82) is 0 Å². The van der Waals surface area contributed by atoms with E-state index in [1.54, 1.807) is 13.0 Å². The first-order valence-corrected chi connectivity index (χ1v) is 5.55. The van der Waals surface area contributed by atoms with E-state index in [4.69, 9.17) is 11.5 Å². The van der Waals surface area contributed by atoms with Gasteiger partial charge in [-0.1, -0.05) is 18.2 Å². The number of halogens is 3. The zero-order valence-corrected chi connectivity index (χ0v) is 10.1. The Labute approximate surface area is 108 Å². The van der Waals surface area contributed by atoms with E-state index < -0.39 is 23.4 Å². The molecule has 102 valence electrons. The van der Waals surface area contributed by atoms with E-state index in [-0.39, 0.29) is 5.84 Å². The van der Waals surface area contributed by atoms with Crippen molar-refractivity contribution in [3.63, 3.8) is 0 Å². The molecule has 1 heterocycles. The molecule has 0 aromatic heterocycles. The summed E-state index contributed by atoms with van der Waals surface area (Å²) in [5.74, 6) is 0.148. The Kier molecular flexibility index (Phi) is 3.09. The first-order valence-electron chi connectivity index (χ1n) is 5.55. The summed E-state index contributed by atoms with van der Waals surface area (Å²) < 4.78 is 38.1. The van der Waals surface area contributed by atoms with Gasteiger partial charge >= 0.3 is 6.18 Å². The first-order chi connectivity index (χ1) is 8.73. The predicted molar refractivity (Wildman–Crippen MR) is 66.9 cm³/mol. The monoisotopic (exact) mass is 270 g/mol. The van der Waals surface area contributed by atoms with Gasteiger partial charge in [-0.2, -0.15) is 13.2 Å². The summed E-state index contributed by atoms with van der Waals surface area (Å²) >= 11 is 0. The van der Waals surface area contributed by atoms with Crippen LogP contribution >= 0.6 is 0 Å². The third-order valence-corrected chi connectivity index (χ3v) is 3.08. The van der Waals surface area contributed by atoms with Gasteiger partial charge in [0.25, 0.3) is 0 Å². The van der Waals surface area contributed by atoms with Crippen LogP contribution in [0.5, 0.6) is 0 Å². The van der Waals surface area contributed by atoms with E-state index >= 15 is 0 Å². The Morgan fingerprint density at radius 1 is 1.32 bits per heavy atom. The maximum Gasteiger partial charge on any atom is 0.416 e. The number of rotatable bonds is 1. The Morgan fingerprint density at radius 2 is 2.00 bits per heavy atom. The van der Waals surface area contributed by atoms with Gasteiger partial charge < -0.3 is 5.73 Å². The number of aliphatic imine (C=N–C) groups is 2. The molecule has 0 amide bonds. The number of amidine groups is 1. The van der Waals surface area contributed by atoms with E-state index in [1.807, 2.05) is 0 Å². The highest BCUT2D eigenvalue weighted by atomic mass is 19.4. The molecule has 0 aliphatic carbocycles. The molecule has 1 aliphatic rings. The van der Waals surface area contributed by atoms with Crippen molar-refractivity contribution in [2.75, 3.05) is 0 Å². The Hall–Kier alpha value is -1.89. The smallest absolute Gasteiger partial charge is 0.386 e. The predicted octanol–water partition coefficient (Wildman–Crippen LogP) is 1.65. The molecule has 0 radical (unpaired) electrons. The van der Waals surface area contributed by atoms with Gasteiger partial charge in [0.05, 0.1) is 11.0 Å². The van der Waals surface area contributed by atoms with Crippen LogP contribution in [0.1, 0.15) is 18.1 Å². The van der Waals surface area contributed by atoms with Crippen LogP contribution < -0.4 is 11.5 Å². The van der Waals surface area contributed by atoms with Crippen LogP contribution in [0.3, 0.4) is 0 Å². The molecular formula is C12H13F3N4. The fourth-order valence-electron chi connectivity index (χ4n) is 1.84. The van der Waals surface area contributed by atoms with Crippen LogP contribution in [0.2, 0.25) is 0 Å². The van der Waals surface area contributed by atoms with Gasteiger partial charge in [-0.25, -0.2) is 4.99 Å². The fourth-order valence-corrected chi connectivity index (χ4v) is 1.84. The molecular weight excluding hydrogens is 257 g/mol. The minimum Gasteiger partial charge on any atom is -0.386 e. The molecule has 1 aromatic carbocycles. The van der Waals surface area contributed by atoms with Gasteiger partial charge in [-0.3, -0.25) is 10.7 Å². The lowest BCUT2D eigenvalue weighted by Gasteiger charge is -2.29. The third kappa shape index (κ3) is 2.46. The van der Waals surface area contributed by atoms with Crippen molar-refractivity contribution in [2.24, 2.45) is 21.5 Å². The number of hydrogen-bond donors (Lipinski definition) is 2. The molecule has 1 aliphatic heterocycles. The van der Waals surface area contributed by atoms with Gasteiger partial charge in [0.1, 0.15) is 5.84 Å². The van der Waals surface area contributed by atoms with Crippen molar-refractivity contribution < 1.29 is 13.2 Å². The van der Waals surface area contributed by atoms with E-state index in [9.17, 15) is 13.2 Å². The second-order valence-electron chi connectivity index (χ2n) is 4.49. The largest absolute Gasteiger partial charge is 0.416 e. The molecule has 4 nitrogen and oxygen atoms in total. The van der Waals surface area contributed by atoms with Crippen LogP contribution in [0.4, 0.5) is 13.2 Å². The van der Waals surface area contributed by atoms with Gasteiger partial charge in [0.2, 0.25) is 0 Å². The zero-order valence-electron chi connectivity index (χ0n) is 10.1. The van der Waals surface area contributed by atoms with Crippen molar-refractivity contribution in [3.8, 4) is 0 Å². The molecule has 2 atom stereocenters. The van der Waals surface area contributed by atoms with Crippen molar-refractivity contribution in [1.82, 2.24) is 0 Å². The second kappa shape index (κ2) is 4.34. The molecule has 0 saturated heterocycles. The minimum atomic E-state index is -4.40. The van der Waals surface area contributed by atoms with Crippen LogP contribution in [0.15, 0.2) is 34.3 Å². The van der Waals surface area contributed by atoms with Crippen LogP contribution in [-0.2, 0) is 11.6 Å². The average Bonchev–Trinajstić information content (AvgIpc) is 2.33. The van der Waals surface area contributed by atoms with Crippen molar-refractivity contribution in [2.45, 2.75) is 24.8 Å². The molecule has 19 heavy (non-hydrogen) atoms. The molecule has 4 N–H and O–H groups in total. The number of hydrogen-bond acceptors (Lipinski definition) is 4. The molecule has 2 unspecified atom stereocenters. The first kappa shape index (κ1) is 13.5. The van der Waals surface area contributed by atoms with E-state index in [1.165, 1.54) is 12.3 Å². The standard InChI is InChI=1S/C12H13F3N4/c1-11(6-18-10(17)19-9(11)16)7-3-2-4-8(5-7)12(13,14)15/h2-6,10H,17H2,1H3,(H2,16,19). The maximum absolute atomic E-state index is 12.7. The van der Waals surface area contributed by atoms with Crippen molar-refractivity contribution >= 4 is 12.1 Å². The second-order valence-corrected chi connectivity index (χ2v) is 4.49. The number of benzene rings is 1. The summed E-state index contributed by atoms with van der Waals surface area (Å²) in [6, 6.07) is 4.94. The molecule has 1 aromatic rings. The topological polar surface area (TPSA) is 76.8 Å². The Morgan fingerprint density at radius 3 is 2.58 bits per heavy atom. The molecule has 0 fully saturated rings. The van der Waals surface area contributed by atoms with E-state index in [0.717, 1.165) is 12.1 Å². The molecule has 7 heteroatoms. The van der Waals surface area contributed by atoms with Gasteiger partial charge in [0.15, 0.2) is 6.29 Å². The maximum atomic E-state index is 12.7. The van der Waals surface area contributed by atoms with Gasteiger partial charge in [0, 0.05) is 6.21 Å². The lowest BCUT2D eigenvalue weighted by atomic mass is 9.81.